The second kappa shape index (κ2) is 7.35. The summed E-state index contributed by atoms with van der Waals surface area (Å²) < 4.78 is 1.22. The van der Waals surface area contributed by atoms with E-state index in [-0.39, 0.29) is 5.41 Å². The average Bonchev–Trinajstić information content (AvgIpc) is 2.47. The molecule has 0 spiro atoms. The van der Waals surface area contributed by atoms with Crippen LogP contribution in [0.4, 0.5) is 0 Å². The molecule has 0 N–H and O–H groups in total. The molecule has 4 heteroatoms. The molecule has 2 aromatic carbocycles. The van der Waals surface area contributed by atoms with Gasteiger partial charge in [-0.05, 0) is 64.4 Å². The van der Waals surface area contributed by atoms with E-state index >= 15 is 0 Å². The zero-order chi connectivity index (χ0) is 14.6. The third kappa shape index (κ3) is 3.82. The number of hydrogen-bond donors (Lipinski definition) is 0. The Bertz CT molecular complexity index is 562. The van der Waals surface area contributed by atoms with Crippen molar-refractivity contribution >= 4 is 57.4 Å². The molecule has 0 atom stereocenters. The van der Waals surface area contributed by atoms with Crippen LogP contribution in [0.25, 0.3) is 0 Å². The van der Waals surface area contributed by atoms with E-state index < -0.39 is 0 Å². The van der Waals surface area contributed by atoms with Gasteiger partial charge in [0.1, 0.15) is 0 Å². The molecular weight excluding hydrogens is 425 g/mol. The van der Waals surface area contributed by atoms with Crippen LogP contribution in [0.5, 0.6) is 0 Å². The van der Waals surface area contributed by atoms with Crippen molar-refractivity contribution in [2.45, 2.75) is 11.8 Å². The van der Waals surface area contributed by atoms with Gasteiger partial charge in [-0.1, -0.05) is 35.9 Å². The van der Waals surface area contributed by atoms with Crippen LogP contribution < -0.4 is 0 Å². The second-order valence-corrected chi connectivity index (χ2v) is 7.08. The van der Waals surface area contributed by atoms with Crippen molar-refractivity contribution < 1.29 is 0 Å². The van der Waals surface area contributed by atoms with E-state index in [0.29, 0.717) is 16.8 Å². The quantitative estimate of drug-likeness (QED) is 0.402. The van der Waals surface area contributed by atoms with Gasteiger partial charge in [-0.25, -0.2) is 0 Å². The van der Waals surface area contributed by atoms with Gasteiger partial charge < -0.3 is 0 Å². The molecule has 0 amide bonds. The van der Waals surface area contributed by atoms with Gasteiger partial charge in [0.25, 0.3) is 0 Å². The van der Waals surface area contributed by atoms with E-state index in [1.54, 1.807) is 0 Å². The van der Waals surface area contributed by atoms with Crippen molar-refractivity contribution in [1.82, 2.24) is 0 Å². The Morgan fingerprint density at radius 2 is 1.60 bits per heavy atom. The predicted octanol–water partition coefficient (Wildman–Crippen LogP) is 5.90. The molecule has 0 bridgehead atoms. The van der Waals surface area contributed by atoms with Crippen molar-refractivity contribution in [1.29, 1.82) is 0 Å². The van der Waals surface area contributed by atoms with Crippen molar-refractivity contribution in [2.24, 2.45) is 0 Å². The average molecular weight is 440 g/mol. The predicted molar refractivity (Wildman–Crippen MR) is 97.4 cm³/mol. The Kier molecular flexibility index (Phi) is 6.03. The molecule has 0 heterocycles. The van der Waals surface area contributed by atoms with E-state index in [4.69, 9.17) is 34.8 Å². The zero-order valence-corrected chi connectivity index (χ0v) is 15.2. The van der Waals surface area contributed by atoms with Gasteiger partial charge in [-0.3, -0.25) is 0 Å². The van der Waals surface area contributed by atoms with Crippen molar-refractivity contribution in [3.63, 3.8) is 0 Å². The maximum Gasteiger partial charge on any atom is 0.0408 e. The van der Waals surface area contributed by atoms with E-state index in [0.717, 1.165) is 12.0 Å². The van der Waals surface area contributed by atoms with Crippen LogP contribution in [0.1, 0.15) is 11.1 Å². The molecule has 0 nitrogen and oxygen atoms in total. The largest absolute Gasteiger partial charge is 0.126 e. The third-order valence-electron chi connectivity index (χ3n) is 3.40. The van der Waals surface area contributed by atoms with E-state index in [9.17, 15) is 0 Å². The van der Waals surface area contributed by atoms with Crippen LogP contribution in [0, 0.1) is 3.57 Å². The minimum atomic E-state index is -0.291. The minimum Gasteiger partial charge on any atom is -0.126 e. The molecule has 0 saturated heterocycles. The molecular formula is C16H14Cl3I. The van der Waals surface area contributed by atoms with Crippen LogP contribution in [-0.2, 0) is 11.8 Å². The molecule has 106 valence electrons. The SMILES string of the molecule is ClCC(CCl)(Cc1ccc(I)cc1)c1cccc(Cl)c1. The normalized spacial score (nSPS) is 11.6. The lowest BCUT2D eigenvalue weighted by Crippen LogP contribution is -2.33. The highest BCUT2D eigenvalue weighted by Gasteiger charge is 2.31. The molecule has 20 heavy (non-hydrogen) atoms. The minimum absolute atomic E-state index is 0.291. The van der Waals surface area contributed by atoms with Gasteiger partial charge in [-0.15, -0.1) is 23.2 Å². The Morgan fingerprint density at radius 1 is 0.950 bits per heavy atom. The second-order valence-electron chi connectivity index (χ2n) is 4.86. The van der Waals surface area contributed by atoms with Crippen molar-refractivity contribution in [3.8, 4) is 0 Å². The first-order valence-corrected chi connectivity index (χ1v) is 8.75. The molecule has 0 aliphatic heterocycles. The van der Waals surface area contributed by atoms with Crippen molar-refractivity contribution in [3.05, 3.63) is 68.3 Å². The summed E-state index contributed by atoms with van der Waals surface area (Å²) in [6.45, 7) is 0. The molecule has 2 aromatic rings. The summed E-state index contributed by atoms with van der Waals surface area (Å²) in [5.41, 5.74) is 2.03. The summed E-state index contributed by atoms with van der Waals surface area (Å²) in [5.74, 6) is 0.922. The van der Waals surface area contributed by atoms with E-state index in [2.05, 4.69) is 46.9 Å². The monoisotopic (exact) mass is 438 g/mol. The van der Waals surface area contributed by atoms with Crippen LogP contribution in [0.2, 0.25) is 5.02 Å². The maximum atomic E-state index is 6.26. The zero-order valence-electron chi connectivity index (χ0n) is 10.8. The summed E-state index contributed by atoms with van der Waals surface area (Å²) in [5, 5.41) is 0.713. The van der Waals surface area contributed by atoms with Gasteiger partial charge in [0.2, 0.25) is 0 Å². The van der Waals surface area contributed by atoms with E-state index in [1.807, 2.05) is 24.3 Å². The first-order valence-electron chi connectivity index (χ1n) is 6.22. The van der Waals surface area contributed by atoms with Gasteiger partial charge in [0.05, 0.1) is 0 Å². The lowest BCUT2D eigenvalue weighted by atomic mass is 9.79. The molecule has 0 aliphatic rings. The number of halogens is 4. The van der Waals surface area contributed by atoms with Crippen LogP contribution in [0.15, 0.2) is 48.5 Å². The lowest BCUT2D eigenvalue weighted by molar-refractivity contribution is 0.536. The Labute approximate surface area is 148 Å². The highest BCUT2D eigenvalue weighted by Crippen LogP contribution is 2.33. The van der Waals surface area contributed by atoms with Gasteiger partial charge in [-0.2, -0.15) is 0 Å². The maximum absolute atomic E-state index is 6.26. The van der Waals surface area contributed by atoms with Gasteiger partial charge >= 0.3 is 0 Å². The number of benzene rings is 2. The summed E-state index contributed by atoms with van der Waals surface area (Å²) in [6, 6.07) is 16.3. The standard InChI is InChI=1S/C16H14Cl3I/c17-10-16(11-18,13-2-1-3-14(19)8-13)9-12-4-6-15(20)7-5-12/h1-8H,9-11H2. The van der Waals surface area contributed by atoms with Crippen LogP contribution in [-0.4, -0.2) is 11.8 Å². The number of alkyl halides is 2. The van der Waals surface area contributed by atoms with Gasteiger partial charge in [0, 0.05) is 25.8 Å². The van der Waals surface area contributed by atoms with Crippen LogP contribution >= 0.6 is 57.4 Å². The Balaban J connectivity index is 2.36. The highest BCUT2D eigenvalue weighted by molar-refractivity contribution is 14.1. The fourth-order valence-electron chi connectivity index (χ4n) is 2.20. The summed E-state index contributed by atoms with van der Waals surface area (Å²) >= 11 is 20.9. The van der Waals surface area contributed by atoms with Crippen LogP contribution in [0.3, 0.4) is 0 Å². The number of hydrogen-bond acceptors (Lipinski definition) is 0. The molecule has 0 aromatic heterocycles. The molecule has 2 rings (SSSR count). The fraction of sp³-hybridized carbons (Fsp3) is 0.250. The smallest absolute Gasteiger partial charge is 0.0408 e. The molecule has 0 radical (unpaired) electrons. The first kappa shape index (κ1) is 16.4. The molecule has 0 unspecified atom stereocenters. The van der Waals surface area contributed by atoms with E-state index in [1.165, 1.54) is 9.13 Å². The van der Waals surface area contributed by atoms with Gasteiger partial charge in [0.15, 0.2) is 0 Å². The third-order valence-corrected chi connectivity index (χ3v) is 5.38. The summed E-state index contributed by atoms with van der Waals surface area (Å²) in [7, 11) is 0. The highest BCUT2D eigenvalue weighted by atomic mass is 127. The summed E-state index contributed by atoms with van der Waals surface area (Å²) in [4.78, 5) is 0. The first-order chi connectivity index (χ1) is 9.59. The topological polar surface area (TPSA) is 0 Å². The summed E-state index contributed by atoms with van der Waals surface area (Å²) in [6.07, 6.45) is 0.803. The number of rotatable bonds is 5. The Morgan fingerprint density at radius 3 is 2.15 bits per heavy atom. The molecule has 0 saturated carbocycles. The molecule has 0 fully saturated rings. The van der Waals surface area contributed by atoms with Crippen molar-refractivity contribution in [2.75, 3.05) is 11.8 Å². The lowest BCUT2D eigenvalue weighted by Gasteiger charge is -2.30. The molecule has 0 aliphatic carbocycles. The fourth-order valence-corrected chi connectivity index (χ4v) is 3.53. The Hall–Kier alpha value is 0.0400.